The summed E-state index contributed by atoms with van der Waals surface area (Å²) in [6, 6.07) is 3.95. The summed E-state index contributed by atoms with van der Waals surface area (Å²) in [4.78, 5) is 37.4. The molecule has 1 atom stereocenters. The van der Waals surface area contributed by atoms with Gasteiger partial charge in [0.25, 0.3) is 5.91 Å². The average Bonchev–Trinajstić information content (AvgIpc) is 2.93. The third kappa shape index (κ3) is 5.36. The summed E-state index contributed by atoms with van der Waals surface area (Å²) in [6.45, 7) is 6.08. The molecule has 0 bridgehead atoms. The second-order valence-electron chi connectivity index (χ2n) is 7.42. The van der Waals surface area contributed by atoms with Gasteiger partial charge in [0.2, 0.25) is 0 Å². The number of halogens is 1. The molecule has 1 aromatic carbocycles. The Bertz CT molecular complexity index is 715. The predicted octanol–water partition coefficient (Wildman–Crippen LogP) is 3.34. The van der Waals surface area contributed by atoms with Crippen molar-refractivity contribution in [3.05, 3.63) is 28.8 Å². The van der Waals surface area contributed by atoms with E-state index in [2.05, 4.69) is 10.6 Å². The minimum Gasteiger partial charge on any atom is -0.481 e. The fraction of sp³-hybridized carbons (Fsp3) is 0.500. The number of benzene rings is 1. The van der Waals surface area contributed by atoms with Gasteiger partial charge in [-0.15, -0.1) is 0 Å². The molecule has 1 aromatic rings. The third-order valence-electron chi connectivity index (χ3n) is 3.99. The molecule has 8 heteroatoms. The fourth-order valence-electron chi connectivity index (χ4n) is 2.94. The van der Waals surface area contributed by atoms with Crippen molar-refractivity contribution in [2.75, 3.05) is 11.9 Å². The van der Waals surface area contributed by atoms with Crippen molar-refractivity contribution in [1.82, 2.24) is 10.2 Å². The van der Waals surface area contributed by atoms with E-state index in [1.54, 1.807) is 17.0 Å². The van der Waals surface area contributed by atoms with Crippen molar-refractivity contribution in [2.24, 2.45) is 0 Å². The molecular formula is C18H24ClN3O4. The number of nitrogens with one attached hydrogen (secondary N) is 2. The van der Waals surface area contributed by atoms with Gasteiger partial charge in [-0.1, -0.05) is 11.6 Å². The minimum atomic E-state index is -0.935. The topological polar surface area (TPSA) is 98.7 Å². The molecule has 1 saturated heterocycles. The SMILES string of the molecule is CC(C)(C)NC(=O)Nc1ccc(Cl)c(C(=O)N2CCCC2CC(=O)O)c1. The lowest BCUT2D eigenvalue weighted by atomic mass is 10.1. The first-order valence-corrected chi connectivity index (χ1v) is 8.86. The second kappa shape index (κ2) is 7.95. The third-order valence-corrected chi connectivity index (χ3v) is 4.32. The molecule has 1 fully saturated rings. The molecule has 7 nitrogen and oxygen atoms in total. The zero-order chi connectivity index (χ0) is 19.5. The number of carboxylic acids is 1. The Morgan fingerprint density at radius 1 is 1.31 bits per heavy atom. The molecule has 0 radical (unpaired) electrons. The van der Waals surface area contributed by atoms with E-state index in [9.17, 15) is 14.4 Å². The van der Waals surface area contributed by atoms with E-state index in [0.717, 1.165) is 6.42 Å². The number of hydrogen-bond donors (Lipinski definition) is 3. The number of carbonyl (C=O) groups excluding carboxylic acids is 2. The lowest BCUT2D eigenvalue weighted by Crippen LogP contribution is -2.43. The number of nitrogens with zero attached hydrogens (tertiary/aromatic N) is 1. The maximum absolute atomic E-state index is 12.8. The molecule has 3 amide bonds. The van der Waals surface area contributed by atoms with E-state index < -0.39 is 11.5 Å². The van der Waals surface area contributed by atoms with Crippen molar-refractivity contribution < 1.29 is 19.5 Å². The monoisotopic (exact) mass is 381 g/mol. The molecule has 1 unspecified atom stereocenters. The average molecular weight is 382 g/mol. The van der Waals surface area contributed by atoms with Crippen LogP contribution in [0.2, 0.25) is 5.02 Å². The number of carboxylic acid groups (broad SMARTS) is 1. The number of anilines is 1. The van der Waals surface area contributed by atoms with Gasteiger partial charge < -0.3 is 20.6 Å². The van der Waals surface area contributed by atoms with E-state index in [1.807, 2.05) is 20.8 Å². The highest BCUT2D eigenvalue weighted by atomic mass is 35.5. The van der Waals surface area contributed by atoms with Crippen molar-refractivity contribution >= 4 is 35.2 Å². The molecular weight excluding hydrogens is 358 g/mol. The van der Waals surface area contributed by atoms with Gasteiger partial charge in [-0.25, -0.2) is 4.79 Å². The molecule has 1 aliphatic heterocycles. The van der Waals surface area contributed by atoms with Crippen LogP contribution in [0.3, 0.4) is 0 Å². The summed E-state index contributed by atoms with van der Waals surface area (Å²) >= 11 is 6.17. The first-order valence-electron chi connectivity index (χ1n) is 8.48. The summed E-state index contributed by atoms with van der Waals surface area (Å²) in [6.07, 6.45) is 1.32. The molecule has 0 spiro atoms. The summed E-state index contributed by atoms with van der Waals surface area (Å²) in [7, 11) is 0. The molecule has 2 rings (SSSR count). The van der Waals surface area contributed by atoms with Crippen LogP contribution in [0.25, 0.3) is 0 Å². The second-order valence-corrected chi connectivity index (χ2v) is 7.82. The summed E-state index contributed by atoms with van der Waals surface area (Å²) in [5.41, 5.74) is 0.292. The number of rotatable bonds is 4. The van der Waals surface area contributed by atoms with Crippen LogP contribution in [-0.2, 0) is 4.79 Å². The summed E-state index contributed by atoms with van der Waals surface area (Å²) in [5.74, 6) is -1.26. The molecule has 0 saturated carbocycles. The van der Waals surface area contributed by atoms with Crippen LogP contribution in [0.4, 0.5) is 10.5 Å². The summed E-state index contributed by atoms with van der Waals surface area (Å²) < 4.78 is 0. The Morgan fingerprint density at radius 3 is 2.62 bits per heavy atom. The number of urea groups is 1. The molecule has 142 valence electrons. The molecule has 0 aromatic heterocycles. The van der Waals surface area contributed by atoms with Crippen LogP contribution in [0.15, 0.2) is 18.2 Å². The lowest BCUT2D eigenvalue weighted by Gasteiger charge is -2.24. The van der Waals surface area contributed by atoms with Gasteiger partial charge in [0.1, 0.15) is 0 Å². The zero-order valence-corrected chi connectivity index (χ0v) is 15.9. The van der Waals surface area contributed by atoms with Crippen molar-refractivity contribution in [2.45, 2.75) is 51.6 Å². The molecule has 26 heavy (non-hydrogen) atoms. The van der Waals surface area contributed by atoms with Gasteiger partial charge in [0, 0.05) is 23.8 Å². The standard InChI is InChI=1S/C18H24ClN3O4/c1-18(2,3)21-17(26)20-11-6-7-14(19)13(9-11)16(25)22-8-4-5-12(22)10-15(23)24/h6-7,9,12H,4-5,8,10H2,1-3H3,(H,23,24)(H2,20,21,26). The van der Waals surface area contributed by atoms with Gasteiger partial charge in [0.05, 0.1) is 17.0 Å². The number of carbonyl (C=O) groups is 3. The first kappa shape index (κ1) is 20.0. The minimum absolute atomic E-state index is 0.0880. The molecule has 0 aliphatic carbocycles. The van der Waals surface area contributed by atoms with Crippen LogP contribution in [-0.4, -0.2) is 46.0 Å². The van der Waals surface area contributed by atoms with E-state index in [4.69, 9.17) is 16.7 Å². The van der Waals surface area contributed by atoms with E-state index in [-0.39, 0.29) is 35.0 Å². The van der Waals surface area contributed by atoms with Gasteiger partial charge in [0.15, 0.2) is 0 Å². The normalized spacial score (nSPS) is 17.1. The molecule has 3 N–H and O–H groups in total. The fourth-order valence-corrected chi connectivity index (χ4v) is 3.14. The van der Waals surface area contributed by atoms with Crippen LogP contribution in [0, 0.1) is 0 Å². The maximum atomic E-state index is 12.8. The van der Waals surface area contributed by atoms with Crippen LogP contribution < -0.4 is 10.6 Å². The highest BCUT2D eigenvalue weighted by Crippen LogP contribution is 2.27. The summed E-state index contributed by atoms with van der Waals surface area (Å²) in [5, 5.41) is 14.7. The van der Waals surface area contributed by atoms with Crippen LogP contribution >= 0.6 is 11.6 Å². The lowest BCUT2D eigenvalue weighted by molar-refractivity contribution is -0.137. The number of aliphatic carboxylic acids is 1. The maximum Gasteiger partial charge on any atom is 0.319 e. The highest BCUT2D eigenvalue weighted by Gasteiger charge is 2.32. The Labute approximate surface area is 157 Å². The Kier molecular flexibility index (Phi) is 6.13. The van der Waals surface area contributed by atoms with Crippen molar-refractivity contribution in [3.8, 4) is 0 Å². The number of amides is 3. The number of hydrogen-bond acceptors (Lipinski definition) is 3. The Balaban J connectivity index is 2.17. The van der Waals surface area contributed by atoms with Gasteiger partial charge in [-0.05, 0) is 51.8 Å². The van der Waals surface area contributed by atoms with Crippen molar-refractivity contribution in [1.29, 1.82) is 0 Å². The Hall–Kier alpha value is -2.28. The molecule has 1 aliphatic rings. The van der Waals surface area contributed by atoms with Gasteiger partial charge >= 0.3 is 12.0 Å². The Morgan fingerprint density at radius 2 is 2.00 bits per heavy atom. The zero-order valence-electron chi connectivity index (χ0n) is 15.1. The van der Waals surface area contributed by atoms with Crippen molar-refractivity contribution in [3.63, 3.8) is 0 Å². The van der Waals surface area contributed by atoms with E-state index >= 15 is 0 Å². The largest absolute Gasteiger partial charge is 0.481 e. The predicted molar refractivity (Wildman–Crippen MR) is 99.7 cm³/mol. The van der Waals surface area contributed by atoms with Crippen LogP contribution in [0.5, 0.6) is 0 Å². The quantitative estimate of drug-likeness (QED) is 0.744. The smallest absolute Gasteiger partial charge is 0.319 e. The van der Waals surface area contributed by atoms with Crippen LogP contribution in [0.1, 0.15) is 50.4 Å². The van der Waals surface area contributed by atoms with E-state index in [1.165, 1.54) is 6.07 Å². The highest BCUT2D eigenvalue weighted by molar-refractivity contribution is 6.34. The van der Waals surface area contributed by atoms with E-state index in [0.29, 0.717) is 18.7 Å². The molecule has 1 heterocycles. The van der Waals surface area contributed by atoms with Gasteiger partial charge in [-0.3, -0.25) is 9.59 Å². The number of likely N-dealkylation sites (tertiary alicyclic amines) is 1. The first-order chi connectivity index (χ1) is 12.1. The van der Waals surface area contributed by atoms with Gasteiger partial charge in [-0.2, -0.15) is 0 Å².